The summed E-state index contributed by atoms with van der Waals surface area (Å²) in [6.07, 6.45) is 6.26. The minimum absolute atomic E-state index is 0.149. The summed E-state index contributed by atoms with van der Waals surface area (Å²) >= 11 is 12.6. The van der Waals surface area contributed by atoms with E-state index in [0.717, 1.165) is 0 Å². The van der Waals surface area contributed by atoms with Crippen LogP contribution in [-0.2, 0) is 0 Å². The minimum Gasteiger partial charge on any atom is -0.289 e. The molecule has 0 atom stereocenters. The largest absolute Gasteiger partial charge is 0.289 e. The molecule has 0 aliphatic carbocycles. The van der Waals surface area contributed by atoms with Crippen LogP contribution in [0.5, 0.6) is 0 Å². The molecule has 0 N–H and O–H groups in total. The Labute approximate surface area is 149 Å². The van der Waals surface area contributed by atoms with Gasteiger partial charge in [0, 0.05) is 23.5 Å². The quantitative estimate of drug-likeness (QED) is 0.498. The lowest BCUT2D eigenvalue weighted by Gasteiger charge is -2.04. The molecule has 0 aliphatic rings. The van der Waals surface area contributed by atoms with Crippen LogP contribution < -0.4 is 0 Å². The van der Waals surface area contributed by atoms with Gasteiger partial charge in [-0.3, -0.25) is 9.78 Å². The Morgan fingerprint density at radius 1 is 1.17 bits per heavy atom. The van der Waals surface area contributed by atoms with Crippen LogP contribution in [0.2, 0.25) is 10.2 Å². The molecular weight excluding hydrogens is 345 g/mol. The summed E-state index contributed by atoms with van der Waals surface area (Å²) in [6, 6.07) is 10.7. The second-order valence-electron chi connectivity index (χ2n) is 5.09. The van der Waals surface area contributed by atoms with Crippen molar-refractivity contribution in [2.24, 2.45) is 0 Å². The summed E-state index contributed by atoms with van der Waals surface area (Å²) in [5.74, 6) is -0.149. The molecule has 0 saturated heterocycles. The van der Waals surface area contributed by atoms with Crippen LogP contribution in [0.15, 0.2) is 54.9 Å². The van der Waals surface area contributed by atoms with E-state index in [1.807, 2.05) is 25.1 Å². The Balaban J connectivity index is 1.94. The molecule has 2 heterocycles. The van der Waals surface area contributed by atoms with Gasteiger partial charge in [0.05, 0.1) is 16.4 Å². The van der Waals surface area contributed by atoms with E-state index in [0.29, 0.717) is 32.7 Å². The van der Waals surface area contributed by atoms with Crippen LogP contribution in [0.4, 0.5) is 0 Å². The molecule has 0 spiro atoms. The highest BCUT2D eigenvalue weighted by molar-refractivity contribution is 6.33. The summed E-state index contributed by atoms with van der Waals surface area (Å²) < 4.78 is 1.56. The third-order valence-corrected chi connectivity index (χ3v) is 4.16. The van der Waals surface area contributed by atoms with E-state index >= 15 is 0 Å². The predicted octanol–water partition coefficient (Wildman–Crippen LogP) is 4.78. The van der Waals surface area contributed by atoms with Gasteiger partial charge in [0.1, 0.15) is 5.15 Å². The maximum Gasteiger partial charge on any atom is 0.187 e. The number of para-hydroxylation sites is 1. The molecule has 0 radical (unpaired) electrons. The van der Waals surface area contributed by atoms with Gasteiger partial charge in [0.2, 0.25) is 0 Å². The number of aryl methyl sites for hydroxylation is 1. The lowest BCUT2D eigenvalue weighted by Crippen LogP contribution is -1.97. The van der Waals surface area contributed by atoms with Crippen molar-refractivity contribution in [2.45, 2.75) is 6.92 Å². The van der Waals surface area contributed by atoms with Crippen molar-refractivity contribution in [2.75, 3.05) is 0 Å². The van der Waals surface area contributed by atoms with E-state index < -0.39 is 0 Å². The van der Waals surface area contributed by atoms with Gasteiger partial charge < -0.3 is 0 Å². The zero-order valence-corrected chi connectivity index (χ0v) is 14.3. The highest BCUT2D eigenvalue weighted by Crippen LogP contribution is 2.28. The molecule has 1 aromatic carbocycles. The standard InChI is InChI=1S/C18H13Cl2N3O/c1-12-14(8-9-17(24)13-5-4-10-21-11-13)18(20)23(22-12)16-7-3-2-6-15(16)19/h2-11H,1H3/b9-8+. The lowest BCUT2D eigenvalue weighted by atomic mass is 10.1. The SMILES string of the molecule is Cc1nn(-c2ccccc2Cl)c(Cl)c1/C=C/C(=O)c1cccnc1. The molecule has 120 valence electrons. The van der Waals surface area contributed by atoms with E-state index in [-0.39, 0.29) is 5.78 Å². The van der Waals surface area contributed by atoms with Crippen molar-refractivity contribution in [3.8, 4) is 5.69 Å². The van der Waals surface area contributed by atoms with Gasteiger partial charge in [-0.2, -0.15) is 5.10 Å². The Bertz CT molecular complexity index is 917. The number of allylic oxidation sites excluding steroid dienone is 1. The first kappa shape index (κ1) is 16.4. The number of ketones is 1. The first-order valence-corrected chi connectivity index (χ1v) is 7.96. The number of aromatic nitrogens is 3. The molecular formula is C18H13Cl2N3O. The van der Waals surface area contributed by atoms with E-state index in [9.17, 15) is 4.79 Å². The molecule has 0 unspecified atom stereocenters. The number of nitrogens with zero attached hydrogens (tertiary/aromatic N) is 3. The number of hydrogen-bond acceptors (Lipinski definition) is 3. The third kappa shape index (κ3) is 3.25. The summed E-state index contributed by atoms with van der Waals surface area (Å²) in [5.41, 5.74) is 2.58. The number of rotatable bonds is 4. The molecule has 0 aliphatic heterocycles. The first-order chi connectivity index (χ1) is 11.6. The topological polar surface area (TPSA) is 47.8 Å². The van der Waals surface area contributed by atoms with Crippen LogP contribution in [0.25, 0.3) is 11.8 Å². The van der Waals surface area contributed by atoms with Gasteiger partial charge in [-0.15, -0.1) is 0 Å². The van der Waals surface area contributed by atoms with Crippen LogP contribution in [-0.4, -0.2) is 20.5 Å². The zero-order chi connectivity index (χ0) is 17.1. The summed E-state index contributed by atoms with van der Waals surface area (Å²) in [6.45, 7) is 1.83. The highest BCUT2D eigenvalue weighted by Gasteiger charge is 2.14. The molecule has 0 saturated carbocycles. The molecule has 0 amide bonds. The Hall–Kier alpha value is -2.43. The van der Waals surface area contributed by atoms with Gasteiger partial charge in [-0.25, -0.2) is 4.68 Å². The number of carbonyl (C=O) groups is 1. The minimum atomic E-state index is -0.149. The lowest BCUT2D eigenvalue weighted by molar-refractivity contribution is 0.104. The van der Waals surface area contributed by atoms with Crippen LogP contribution in [0.1, 0.15) is 21.6 Å². The average Bonchev–Trinajstić information content (AvgIpc) is 2.88. The molecule has 0 bridgehead atoms. The van der Waals surface area contributed by atoms with E-state index in [2.05, 4.69) is 10.1 Å². The normalized spacial score (nSPS) is 11.1. The van der Waals surface area contributed by atoms with Crippen molar-refractivity contribution >= 4 is 35.1 Å². The van der Waals surface area contributed by atoms with Crippen molar-refractivity contribution in [1.29, 1.82) is 0 Å². The van der Waals surface area contributed by atoms with Crippen molar-refractivity contribution in [3.05, 3.63) is 81.9 Å². The molecule has 3 aromatic rings. The van der Waals surface area contributed by atoms with Crippen LogP contribution in [0.3, 0.4) is 0 Å². The predicted molar refractivity (Wildman–Crippen MR) is 95.9 cm³/mol. The van der Waals surface area contributed by atoms with E-state index in [1.165, 1.54) is 12.3 Å². The smallest absolute Gasteiger partial charge is 0.187 e. The number of carbonyl (C=O) groups excluding carboxylic acids is 1. The van der Waals surface area contributed by atoms with Crippen molar-refractivity contribution < 1.29 is 4.79 Å². The van der Waals surface area contributed by atoms with Crippen molar-refractivity contribution in [1.82, 2.24) is 14.8 Å². The zero-order valence-electron chi connectivity index (χ0n) is 12.8. The Morgan fingerprint density at radius 2 is 1.96 bits per heavy atom. The van der Waals surface area contributed by atoms with Crippen molar-refractivity contribution in [3.63, 3.8) is 0 Å². The van der Waals surface area contributed by atoms with Gasteiger partial charge in [0.25, 0.3) is 0 Å². The van der Waals surface area contributed by atoms with Gasteiger partial charge in [0.15, 0.2) is 5.78 Å². The Kier molecular flexibility index (Phi) is 4.79. The monoisotopic (exact) mass is 357 g/mol. The number of pyridine rings is 1. The third-order valence-electron chi connectivity index (χ3n) is 3.48. The molecule has 2 aromatic heterocycles. The molecule has 24 heavy (non-hydrogen) atoms. The van der Waals surface area contributed by atoms with Gasteiger partial charge in [-0.05, 0) is 43.3 Å². The van der Waals surface area contributed by atoms with Crippen LogP contribution >= 0.6 is 23.2 Å². The number of hydrogen-bond donors (Lipinski definition) is 0. The molecule has 6 heteroatoms. The van der Waals surface area contributed by atoms with Crippen LogP contribution in [0, 0.1) is 6.92 Å². The second kappa shape index (κ2) is 6.99. The molecule has 0 fully saturated rings. The number of halogens is 2. The summed E-state index contributed by atoms with van der Waals surface area (Å²) in [7, 11) is 0. The first-order valence-electron chi connectivity index (χ1n) is 7.20. The fourth-order valence-electron chi connectivity index (χ4n) is 2.25. The molecule has 4 nitrogen and oxygen atoms in total. The fraction of sp³-hybridized carbons (Fsp3) is 0.0556. The fourth-order valence-corrected chi connectivity index (χ4v) is 2.79. The summed E-state index contributed by atoms with van der Waals surface area (Å²) in [4.78, 5) is 16.1. The number of benzene rings is 1. The average molecular weight is 358 g/mol. The second-order valence-corrected chi connectivity index (χ2v) is 5.86. The van der Waals surface area contributed by atoms with E-state index in [4.69, 9.17) is 23.2 Å². The Morgan fingerprint density at radius 3 is 2.67 bits per heavy atom. The summed E-state index contributed by atoms with van der Waals surface area (Å²) in [5, 5.41) is 5.36. The maximum atomic E-state index is 12.2. The highest BCUT2D eigenvalue weighted by atomic mass is 35.5. The van der Waals surface area contributed by atoms with E-state index in [1.54, 1.807) is 35.2 Å². The maximum absolute atomic E-state index is 12.2. The molecule has 3 rings (SSSR count). The van der Waals surface area contributed by atoms with Gasteiger partial charge in [-0.1, -0.05) is 35.3 Å². The van der Waals surface area contributed by atoms with Gasteiger partial charge >= 0.3 is 0 Å².